The van der Waals surface area contributed by atoms with Gasteiger partial charge in [-0.3, -0.25) is 14.5 Å². The lowest BCUT2D eigenvalue weighted by molar-refractivity contribution is -0.139. The van der Waals surface area contributed by atoms with E-state index in [9.17, 15) is 22.8 Å². The molecule has 168 valence electrons. The van der Waals surface area contributed by atoms with Crippen molar-refractivity contribution in [1.82, 2.24) is 25.1 Å². The number of rotatable bonds is 8. The normalized spacial score (nSPS) is 17.4. The quantitative estimate of drug-likeness (QED) is 0.620. The van der Waals surface area contributed by atoms with Crippen LogP contribution in [-0.4, -0.2) is 51.9 Å². The predicted octanol–water partition coefficient (Wildman–Crippen LogP) is 2.11. The summed E-state index contributed by atoms with van der Waals surface area (Å²) in [6.07, 6.45) is -0.316. The Labute approximate surface area is 178 Å². The van der Waals surface area contributed by atoms with Crippen molar-refractivity contribution in [2.75, 3.05) is 19.6 Å². The van der Waals surface area contributed by atoms with Crippen LogP contribution in [0.15, 0.2) is 36.7 Å². The first-order chi connectivity index (χ1) is 14.8. The number of piperazine rings is 1. The Bertz CT molecular complexity index is 912. The zero-order valence-corrected chi connectivity index (χ0v) is 17.3. The number of carbonyl (C=O) groups is 2. The molecular weight excluding hydrogens is 411 g/mol. The van der Waals surface area contributed by atoms with Crippen molar-refractivity contribution in [3.8, 4) is 0 Å². The SMILES string of the molecule is Cc1nccn1CCCNC(=O)CC1C(=O)NCCN1Cc1ccccc1C(F)(F)F. The van der Waals surface area contributed by atoms with E-state index < -0.39 is 17.8 Å². The van der Waals surface area contributed by atoms with E-state index in [-0.39, 0.29) is 30.3 Å². The summed E-state index contributed by atoms with van der Waals surface area (Å²) < 4.78 is 41.9. The number of imidazole rings is 1. The number of halogens is 3. The van der Waals surface area contributed by atoms with E-state index in [1.165, 1.54) is 18.2 Å². The van der Waals surface area contributed by atoms with Gasteiger partial charge in [0.15, 0.2) is 0 Å². The molecule has 0 saturated carbocycles. The minimum absolute atomic E-state index is 0.0546. The van der Waals surface area contributed by atoms with Crippen LogP contribution < -0.4 is 10.6 Å². The molecule has 1 unspecified atom stereocenters. The molecule has 31 heavy (non-hydrogen) atoms. The third-order valence-electron chi connectivity index (χ3n) is 5.34. The highest BCUT2D eigenvalue weighted by Crippen LogP contribution is 2.32. The molecule has 2 amide bonds. The van der Waals surface area contributed by atoms with Gasteiger partial charge in [-0.2, -0.15) is 13.2 Å². The summed E-state index contributed by atoms with van der Waals surface area (Å²) in [5.41, 5.74) is -0.634. The highest BCUT2D eigenvalue weighted by molar-refractivity contribution is 5.88. The monoisotopic (exact) mass is 437 g/mol. The van der Waals surface area contributed by atoms with Gasteiger partial charge in [-0.15, -0.1) is 0 Å². The molecule has 1 atom stereocenters. The summed E-state index contributed by atoms with van der Waals surface area (Å²) in [5, 5.41) is 5.49. The lowest BCUT2D eigenvalue weighted by Crippen LogP contribution is -2.56. The molecule has 0 aliphatic carbocycles. The van der Waals surface area contributed by atoms with Crippen molar-refractivity contribution in [3.63, 3.8) is 0 Å². The number of aromatic nitrogens is 2. The van der Waals surface area contributed by atoms with Crippen LogP contribution in [0.4, 0.5) is 13.2 Å². The van der Waals surface area contributed by atoms with Crippen LogP contribution in [0.25, 0.3) is 0 Å². The first kappa shape index (κ1) is 22.8. The summed E-state index contributed by atoms with van der Waals surface area (Å²) in [6.45, 7) is 3.68. The van der Waals surface area contributed by atoms with Crippen LogP contribution >= 0.6 is 0 Å². The molecule has 3 rings (SSSR count). The number of hydrogen-bond acceptors (Lipinski definition) is 4. The minimum atomic E-state index is -4.48. The van der Waals surface area contributed by atoms with E-state index in [0.29, 0.717) is 32.6 Å². The van der Waals surface area contributed by atoms with Gasteiger partial charge in [-0.05, 0) is 25.0 Å². The van der Waals surface area contributed by atoms with E-state index in [1.54, 1.807) is 11.1 Å². The predicted molar refractivity (Wildman–Crippen MR) is 108 cm³/mol. The molecule has 2 aromatic rings. The van der Waals surface area contributed by atoms with E-state index in [4.69, 9.17) is 0 Å². The Morgan fingerprint density at radius 2 is 2.10 bits per heavy atom. The lowest BCUT2D eigenvalue weighted by Gasteiger charge is -2.35. The summed E-state index contributed by atoms with van der Waals surface area (Å²) in [6, 6.07) is 4.50. The van der Waals surface area contributed by atoms with Crippen molar-refractivity contribution in [1.29, 1.82) is 0 Å². The second-order valence-corrected chi connectivity index (χ2v) is 7.51. The van der Waals surface area contributed by atoms with Crippen LogP contribution in [0.2, 0.25) is 0 Å². The molecule has 1 fully saturated rings. The Hall–Kier alpha value is -2.88. The van der Waals surface area contributed by atoms with Crippen molar-refractivity contribution < 1.29 is 22.8 Å². The molecule has 0 radical (unpaired) electrons. The second kappa shape index (κ2) is 9.95. The van der Waals surface area contributed by atoms with Crippen LogP contribution in [0.5, 0.6) is 0 Å². The largest absolute Gasteiger partial charge is 0.416 e. The number of carbonyl (C=O) groups excluding carboxylic acids is 2. The molecule has 2 heterocycles. The van der Waals surface area contributed by atoms with Crippen molar-refractivity contribution in [3.05, 3.63) is 53.6 Å². The molecule has 1 saturated heterocycles. The summed E-state index contributed by atoms with van der Waals surface area (Å²) in [7, 11) is 0. The molecule has 7 nitrogen and oxygen atoms in total. The zero-order chi connectivity index (χ0) is 22.4. The van der Waals surface area contributed by atoms with Gasteiger partial charge >= 0.3 is 6.18 Å². The third-order valence-corrected chi connectivity index (χ3v) is 5.34. The number of hydrogen-bond donors (Lipinski definition) is 2. The number of nitrogens with one attached hydrogen (secondary N) is 2. The number of benzene rings is 1. The lowest BCUT2D eigenvalue weighted by atomic mass is 10.0. The molecule has 0 spiro atoms. The summed E-state index contributed by atoms with van der Waals surface area (Å²) >= 11 is 0. The Morgan fingerprint density at radius 1 is 1.32 bits per heavy atom. The minimum Gasteiger partial charge on any atom is -0.356 e. The number of amides is 2. The molecular formula is C21H26F3N5O2. The molecule has 1 aromatic carbocycles. The van der Waals surface area contributed by atoms with Gasteiger partial charge in [0.1, 0.15) is 5.82 Å². The summed E-state index contributed by atoms with van der Waals surface area (Å²) in [4.78, 5) is 30.5. The van der Waals surface area contributed by atoms with Crippen molar-refractivity contribution >= 4 is 11.8 Å². The van der Waals surface area contributed by atoms with Crippen LogP contribution in [0, 0.1) is 6.92 Å². The molecule has 0 bridgehead atoms. The second-order valence-electron chi connectivity index (χ2n) is 7.51. The molecule has 1 aliphatic rings. The van der Waals surface area contributed by atoms with Gasteiger partial charge in [-0.25, -0.2) is 4.98 Å². The Kier molecular flexibility index (Phi) is 7.32. The first-order valence-corrected chi connectivity index (χ1v) is 10.2. The Balaban J connectivity index is 1.57. The van der Waals surface area contributed by atoms with Crippen LogP contribution in [0.1, 0.15) is 29.8 Å². The molecule has 1 aromatic heterocycles. The number of nitrogens with zero attached hydrogens (tertiary/aromatic N) is 3. The topological polar surface area (TPSA) is 79.3 Å². The number of alkyl halides is 3. The van der Waals surface area contributed by atoms with Crippen LogP contribution in [0.3, 0.4) is 0 Å². The van der Waals surface area contributed by atoms with Crippen molar-refractivity contribution in [2.45, 2.75) is 45.1 Å². The van der Waals surface area contributed by atoms with Crippen molar-refractivity contribution in [2.24, 2.45) is 0 Å². The maximum atomic E-state index is 13.3. The average molecular weight is 437 g/mol. The average Bonchev–Trinajstić information content (AvgIpc) is 3.12. The highest BCUT2D eigenvalue weighted by atomic mass is 19.4. The van der Waals surface area contributed by atoms with Crippen LogP contribution in [-0.2, 0) is 28.9 Å². The zero-order valence-electron chi connectivity index (χ0n) is 17.3. The molecule has 2 N–H and O–H groups in total. The van der Waals surface area contributed by atoms with Gasteiger partial charge < -0.3 is 15.2 Å². The fourth-order valence-corrected chi connectivity index (χ4v) is 3.69. The maximum Gasteiger partial charge on any atom is 0.416 e. The molecule has 10 heteroatoms. The summed E-state index contributed by atoms with van der Waals surface area (Å²) in [5.74, 6) is 0.235. The van der Waals surface area contributed by atoms with Gasteiger partial charge in [0.05, 0.1) is 18.0 Å². The molecule has 1 aliphatic heterocycles. The fourth-order valence-electron chi connectivity index (χ4n) is 3.69. The standard InChI is InChI=1S/C21H26F3N5O2/c1-15-25-8-11-28(15)10-4-7-26-19(30)13-18-20(31)27-9-12-29(18)14-16-5-2-3-6-17(16)21(22,23)24/h2-3,5-6,8,11,18H,4,7,9-10,12-14H2,1H3,(H,26,30)(H,27,31). The maximum absolute atomic E-state index is 13.3. The number of aryl methyl sites for hydroxylation is 2. The van der Waals surface area contributed by atoms with E-state index in [0.717, 1.165) is 11.9 Å². The third kappa shape index (κ3) is 6.06. The Morgan fingerprint density at radius 3 is 2.81 bits per heavy atom. The highest BCUT2D eigenvalue weighted by Gasteiger charge is 2.36. The smallest absolute Gasteiger partial charge is 0.356 e. The van der Waals surface area contributed by atoms with Gasteiger partial charge in [0, 0.05) is 45.1 Å². The van der Waals surface area contributed by atoms with Gasteiger partial charge in [0.2, 0.25) is 11.8 Å². The van der Waals surface area contributed by atoms with E-state index in [2.05, 4.69) is 15.6 Å². The van der Waals surface area contributed by atoms with E-state index >= 15 is 0 Å². The van der Waals surface area contributed by atoms with Gasteiger partial charge in [-0.1, -0.05) is 18.2 Å². The fraction of sp³-hybridized carbons (Fsp3) is 0.476. The van der Waals surface area contributed by atoms with E-state index in [1.807, 2.05) is 17.7 Å². The first-order valence-electron chi connectivity index (χ1n) is 10.2. The van der Waals surface area contributed by atoms with Gasteiger partial charge in [0.25, 0.3) is 0 Å².